The molecule has 218 valence electrons. The van der Waals surface area contributed by atoms with Crippen LogP contribution < -0.4 is 9.39 Å². The standard InChI is InChI=1S/C32H29B2F4N3O2/c1-6-26-19(2)31(40-21(26)4)30(22-10-8-7-9-11-22)32-20(3)27-16-23(18-39-24-12-14-25(42-5)15-13-24)29(43-34(37)38)17-28(27)41(32)33(35)36/h7-18H,6H2,1-5H3/b31-30-,39-18?. The van der Waals surface area contributed by atoms with Crippen molar-refractivity contribution in [3.8, 4) is 11.5 Å². The van der Waals surface area contributed by atoms with Crippen molar-refractivity contribution in [2.75, 3.05) is 7.11 Å². The van der Waals surface area contributed by atoms with Gasteiger partial charge < -0.3 is 13.9 Å². The van der Waals surface area contributed by atoms with E-state index >= 15 is 8.63 Å². The summed E-state index contributed by atoms with van der Waals surface area (Å²) in [5.41, 5.74) is 6.31. The molecule has 0 bridgehead atoms. The van der Waals surface area contributed by atoms with Crippen LogP contribution in [0.15, 0.2) is 93.6 Å². The fourth-order valence-corrected chi connectivity index (χ4v) is 5.62. The minimum absolute atomic E-state index is 0.0600. The number of hydrogen-bond acceptors (Lipinski definition) is 4. The quantitative estimate of drug-likeness (QED) is 0.112. The van der Waals surface area contributed by atoms with Crippen molar-refractivity contribution in [3.05, 3.63) is 106 Å². The van der Waals surface area contributed by atoms with Gasteiger partial charge in [0.05, 0.1) is 18.5 Å². The first-order valence-corrected chi connectivity index (χ1v) is 13.8. The van der Waals surface area contributed by atoms with Gasteiger partial charge in [0.2, 0.25) is 0 Å². The molecule has 0 amide bonds. The first kappa shape index (κ1) is 29.9. The van der Waals surface area contributed by atoms with Gasteiger partial charge in [-0.05, 0) is 79.8 Å². The monoisotopic (exact) mass is 585 g/mol. The van der Waals surface area contributed by atoms with E-state index in [4.69, 9.17) is 14.4 Å². The lowest BCUT2D eigenvalue weighted by atomic mass is 9.93. The van der Waals surface area contributed by atoms with Crippen molar-refractivity contribution >= 4 is 49.0 Å². The number of methoxy groups -OCH3 is 1. The maximum Gasteiger partial charge on any atom is 0.796 e. The fourth-order valence-electron chi connectivity index (χ4n) is 5.62. The number of ether oxygens (including phenoxy) is 1. The maximum absolute atomic E-state index is 15.0. The van der Waals surface area contributed by atoms with E-state index in [1.54, 1.807) is 44.4 Å². The van der Waals surface area contributed by atoms with Crippen LogP contribution in [-0.4, -0.2) is 38.4 Å². The third-order valence-corrected chi connectivity index (χ3v) is 7.64. The number of allylic oxidation sites excluding steroid dienone is 2. The van der Waals surface area contributed by atoms with E-state index < -0.39 is 14.9 Å². The molecule has 1 aliphatic rings. The van der Waals surface area contributed by atoms with Gasteiger partial charge in [0.1, 0.15) is 11.5 Å². The van der Waals surface area contributed by atoms with Crippen LogP contribution in [0.5, 0.6) is 11.5 Å². The van der Waals surface area contributed by atoms with Gasteiger partial charge in [-0.1, -0.05) is 37.3 Å². The van der Waals surface area contributed by atoms with E-state index in [1.165, 1.54) is 12.3 Å². The minimum atomic E-state index is -3.17. The largest absolute Gasteiger partial charge is 0.796 e. The Morgan fingerprint density at radius 1 is 0.977 bits per heavy atom. The van der Waals surface area contributed by atoms with E-state index in [0.29, 0.717) is 39.2 Å². The number of aromatic nitrogens is 1. The number of benzene rings is 3. The van der Waals surface area contributed by atoms with Gasteiger partial charge in [-0.25, -0.2) is 8.63 Å². The first-order valence-electron chi connectivity index (χ1n) is 13.8. The van der Waals surface area contributed by atoms with Gasteiger partial charge >= 0.3 is 14.9 Å². The summed E-state index contributed by atoms with van der Waals surface area (Å²) in [6.45, 7) is 7.65. The van der Waals surface area contributed by atoms with E-state index in [1.807, 2.05) is 51.1 Å². The second-order valence-electron chi connectivity index (χ2n) is 10.1. The highest BCUT2D eigenvalue weighted by molar-refractivity contribution is 6.43. The third kappa shape index (κ3) is 5.76. The van der Waals surface area contributed by atoms with Crippen molar-refractivity contribution < 1.29 is 26.7 Å². The zero-order chi connectivity index (χ0) is 30.8. The Bertz CT molecular complexity index is 1800. The predicted octanol–water partition coefficient (Wildman–Crippen LogP) is 8.74. The second kappa shape index (κ2) is 12.4. The summed E-state index contributed by atoms with van der Waals surface area (Å²) in [6, 6.07) is 18.9. The zero-order valence-electron chi connectivity index (χ0n) is 24.5. The van der Waals surface area contributed by atoms with Gasteiger partial charge in [-0.2, -0.15) is 0 Å². The molecule has 1 aliphatic heterocycles. The number of fused-ring (bicyclic) bond motifs is 1. The van der Waals surface area contributed by atoms with E-state index in [-0.39, 0.29) is 22.5 Å². The van der Waals surface area contributed by atoms with Crippen molar-refractivity contribution in [2.24, 2.45) is 9.98 Å². The Morgan fingerprint density at radius 2 is 1.67 bits per heavy atom. The van der Waals surface area contributed by atoms with Crippen LogP contribution in [0.2, 0.25) is 0 Å². The molecule has 0 spiro atoms. The van der Waals surface area contributed by atoms with Crippen LogP contribution >= 0.6 is 0 Å². The topological polar surface area (TPSA) is 48.1 Å². The van der Waals surface area contributed by atoms with E-state index in [9.17, 15) is 8.63 Å². The molecular weight excluding hydrogens is 556 g/mol. The fraction of sp³-hybridized carbons (Fsp3) is 0.188. The molecule has 5 nitrogen and oxygen atoms in total. The summed E-state index contributed by atoms with van der Waals surface area (Å²) in [7, 11) is -4.60. The summed E-state index contributed by atoms with van der Waals surface area (Å²) in [5, 5.41) is 0.457. The number of aliphatic imine (C=N–C) groups is 2. The lowest BCUT2D eigenvalue weighted by Crippen LogP contribution is -2.17. The van der Waals surface area contributed by atoms with Crippen LogP contribution in [0.4, 0.5) is 23.0 Å². The summed E-state index contributed by atoms with van der Waals surface area (Å²) >= 11 is 0. The Balaban J connectivity index is 1.80. The van der Waals surface area contributed by atoms with Gasteiger partial charge in [0.15, 0.2) is 0 Å². The number of aryl methyl sites for hydroxylation is 1. The Morgan fingerprint density at radius 3 is 2.26 bits per heavy atom. The molecule has 0 atom stereocenters. The van der Waals surface area contributed by atoms with E-state index in [2.05, 4.69) is 4.99 Å². The Hall–Kier alpha value is -4.53. The molecular formula is C32H29B2F4N3O2. The van der Waals surface area contributed by atoms with E-state index in [0.717, 1.165) is 27.8 Å². The van der Waals surface area contributed by atoms with Crippen LogP contribution in [0, 0.1) is 6.92 Å². The molecule has 11 heteroatoms. The van der Waals surface area contributed by atoms with Crippen LogP contribution in [-0.2, 0) is 0 Å². The van der Waals surface area contributed by atoms with Crippen LogP contribution in [0.3, 0.4) is 0 Å². The molecule has 0 saturated carbocycles. The highest BCUT2D eigenvalue weighted by Gasteiger charge is 2.32. The minimum Gasteiger partial charge on any atom is -0.505 e. The molecule has 5 rings (SSSR count). The molecule has 1 aromatic heterocycles. The normalized spacial score (nSPS) is 14.5. The lowest BCUT2D eigenvalue weighted by Gasteiger charge is -2.16. The molecule has 4 aromatic rings. The molecule has 0 fully saturated rings. The van der Waals surface area contributed by atoms with Crippen LogP contribution in [0.25, 0.3) is 16.5 Å². The summed E-state index contributed by atoms with van der Waals surface area (Å²) < 4.78 is 68.0. The van der Waals surface area contributed by atoms with Gasteiger partial charge in [0, 0.05) is 45.7 Å². The third-order valence-electron chi connectivity index (χ3n) is 7.64. The molecule has 43 heavy (non-hydrogen) atoms. The average Bonchev–Trinajstić information content (AvgIpc) is 3.43. The Kier molecular flexibility index (Phi) is 8.62. The van der Waals surface area contributed by atoms with Crippen molar-refractivity contribution in [2.45, 2.75) is 34.1 Å². The smallest absolute Gasteiger partial charge is 0.505 e. The maximum atomic E-state index is 15.0. The first-order chi connectivity index (χ1) is 20.6. The predicted molar refractivity (Wildman–Crippen MR) is 167 cm³/mol. The van der Waals surface area contributed by atoms with Gasteiger partial charge in [-0.15, -0.1) is 0 Å². The lowest BCUT2D eigenvalue weighted by molar-refractivity contribution is 0.415. The van der Waals surface area contributed by atoms with Gasteiger partial charge in [0.25, 0.3) is 0 Å². The number of halogens is 4. The molecule has 0 N–H and O–H groups in total. The zero-order valence-corrected chi connectivity index (χ0v) is 24.5. The molecule has 0 aliphatic carbocycles. The number of hydrogen-bond donors (Lipinski definition) is 0. The number of nitrogens with zero attached hydrogens (tertiary/aromatic N) is 3. The molecule has 3 aromatic carbocycles. The summed E-state index contributed by atoms with van der Waals surface area (Å²) in [4.78, 5) is 9.26. The average molecular weight is 585 g/mol. The van der Waals surface area contributed by atoms with Gasteiger partial charge in [-0.3, -0.25) is 18.6 Å². The molecule has 0 radical (unpaired) electrons. The van der Waals surface area contributed by atoms with Crippen molar-refractivity contribution in [1.82, 2.24) is 4.48 Å². The molecule has 0 unspecified atom stereocenters. The molecule has 2 heterocycles. The van der Waals surface area contributed by atoms with Crippen LogP contribution in [0.1, 0.15) is 49.6 Å². The highest BCUT2D eigenvalue weighted by atomic mass is 19.2. The number of rotatable bonds is 9. The highest BCUT2D eigenvalue weighted by Crippen LogP contribution is 2.42. The second-order valence-corrected chi connectivity index (χ2v) is 10.1. The Labute approximate surface area is 248 Å². The summed E-state index contributed by atoms with van der Waals surface area (Å²) in [6.07, 6.45) is 2.13. The van der Waals surface area contributed by atoms with Crippen molar-refractivity contribution in [3.63, 3.8) is 0 Å². The molecule has 0 saturated heterocycles. The summed E-state index contributed by atoms with van der Waals surface area (Å²) in [5.74, 6) is 0.374. The van der Waals surface area contributed by atoms with Crippen molar-refractivity contribution in [1.29, 1.82) is 0 Å². The SMILES string of the molecule is CCC1=C(C)/C(=C(\c2ccccc2)c2c(C)c3cc(C=Nc4ccc(OC)cc4)c(OB(F)F)cc3n2B(F)F)N=C1C.